The number of fused-ring (bicyclic) bond motifs is 3. The van der Waals surface area contributed by atoms with Gasteiger partial charge in [0.15, 0.2) is 22.7 Å². The van der Waals surface area contributed by atoms with Crippen LogP contribution in [0.1, 0.15) is 62.6 Å². The van der Waals surface area contributed by atoms with Crippen molar-refractivity contribution in [3.8, 4) is 34.1 Å². The summed E-state index contributed by atoms with van der Waals surface area (Å²) in [7, 11) is 6.00. The molecule has 41 heavy (non-hydrogen) atoms. The van der Waals surface area contributed by atoms with E-state index in [1.807, 2.05) is 6.07 Å². The Morgan fingerprint density at radius 3 is 2.15 bits per heavy atom. The Hall–Kier alpha value is -4.28. The van der Waals surface area contributed by atoms with Gasteiger partial charge in [-0.25, -0.2) is 0 Å². The number of aliphatic carboxylic acids is 2. The molecule has 0 saturated carbocycles. The van der Waals surface area contributed by atoms with Crippen LogP contribution in [0.3, 0.4) is 0 Å². The topological polar surface area (TPSA) is 158 Å². The molecule has 0 radical (unpaired) electrons. The van der Waals surface area contributed by atoms with Gasteiger partial charge in [-0.2, -0.15) is 0 Å². The van der Waals surface area contributed by atoms with Crippen LogP contribution in [0.15, 0.2) is 29.1 Å². The van der Waals surface area contributed by atoms with E-state index in [9.17, 15) is 29.4 Å². The average molecular weight is 572 g/mol. The van der Waals surface area contributed by atoms with E-state index in [2.05, 4.69) is 5.32 Å². The highest BCUT2D eigenvalue weighted by atomic mass is 16.5. The van der Waals surface area contributed by atoms with Crippen LogP contribution in [0.25, 0.3) is 11.1 Å². The molecule has 11 heteroatoms. The summed E-state index contributed by atoms with van der Waals surface area (Å²) in [6, 6.07) is 6.21. The van der Waals surface area contributed by atoms with Crippen LogP contribution in [0.4, 0.5) is 0 Å². The third-order valence-corrected chi connectivity index (χ3v) is 7.58. The predicted octanol–water partition coefficient (Wildman–Crippen LogP) is 3.98. The Balaban J connectivity index is 1.89. The highest BCUT2D eigenvalue weighted by Crippen LogP contribution is 2.50. The van der Waals surface area contributed by atoms with E-state index in [0.29, 0.717) is 60.5 Å². The van der Waals surface area contributed by atoms with Gasteiger partial charge in [-0.05, 0) is 67.5 Å². The molecule has 0 fully saturated rings. The number of hydrogen-bond acceptors (Lipinski definition) is 8. The second-order valence-electron chi connectivity index (χ2n) is 10.1. The van der Waals surface area contributed by atoms with Crippen LogP contribution in [-0.4, -0.2) is 56.5 Å². The number of carbonyl (C=O) groups excluding carboxylic acids is 1. The predicted molar refractivity (Wildman–Crippen MR) is 150 cm³/mol. The molecule has 0 bridgehead atoms. The molecule has 11 nitrogen and oxygen atoms in total. The minimum atomic E-state index is -1.86. The van der Waals surface area contributed by atoms with Crippen molar-refractivity contribution in [3.63, 3.8) is 0 Å². The largest absolute Gasteiger partial charge is 0.493 e. The molecule has 2 aromatic rings. The van der Waals surface area contributed by atoms with Gasteiger partial charge in [-0.1, -0.05) is 18.9 Å². The molecule has 0 heterocycles. The fourth-order valence-corrected chi connectivity index (χ4v) is 5.13. The van der Waals surface area contributed by atoms with Gasteiger partial charge in [-0.3, -0.25) is 19.2 Å². The van der Waals surface area contributed by atoms with Gasteiger partial charge in [-0.15, -0.1) is 0 Å². The van der Waals surface area contributed by atoms with E-state index in [0.717, 1.165) is 11.1 Å². The first kappa shape index (κ1) is 31.3. The van der Waals surface area contributed by atoms with Gasteiger partial charge in [0.2, 0.25) is 17.1 Å². The summed E-state index contributed by atoms with van der Waals surface area (Å²) < 4.78 is 22.2. The van der Waals surface area contributed by atoms with Crippen molar-refractivity contribution in [3.05, 3.63) is 45.6 Å². The number of carboxylic acids is 2. The van der Waals surface area contributed by atoms with Gasteiger partial charge in [0.05, 0.1) is 34.5 Å². The van der Waals surface area contributed by atoms with Crippen molar-refractivity contribution < 1.29 is 43.5 Å². The summed E-state index contributed by atoms with van der Waals surface area (Å²) in [5, 5.41) is 21.6. The van der Waals surface area contributed by atoms with Crippen LogP contribution in [-0.2, 0) is 20.8 Å². The van der Waals surface area contributed by atoms with Crippen LogP contribution in [0, 0.1) is 5.41 Å². The summed E-state index contributed by atoms with van der Waals surface area (Å²) in [6.45, 7) is 1.19. The molecule has 0 aliphatic heterocycles. The molecule has 1 atom stereocenters. The minimum Gasteiger partial charge on any atom is -0.493 e. The monoisotopic (exact) mass is 571 g/mol. The zero-order valence-corrected chi connectivity index (χ0v) is 24.0. The van der Waals surface area contributed by atoms with E-state index in [4.69, 9.17) is 18.9 Å². The molecule has 0 aromatic heterocycles. The molecule has 1 amide bonds. The smallest absolute Gasteiger partial charge is 0.320 e. The summed E-state index contributed by atoms with van der Waals surface area (Å²) in [5.41, 5.74) is 0.720. The number of rotatable bonds is 13. The second kappa shape index (κ2) is 13.4. The van der Waals surface area contributed by atoms with Crippen molar-refractivity contribution in [1.29, 1.82) is 0 Å². The highest BCUT2D eigenvalue weighted by molar-refractivity contribution is 5.97. The van der Waals surface area contributed by atoms with Crippen molar-refractivity contribution >= 4 is 17.8 Å². The first-order valence-electron chi connectivity index (χ1n) is 13.3. The first-order valence-corrected chi connectivity index (χ1v) is 13.3. The number of ether oxygens (including phenoxy) is 4. The SMILES string of the molecule is COc1cc2c(c(OC)c1OC)-c1ccc(OC)c(=O)cc1C(NC(=O)CCCCCC(C)(C(=O)O)C(=O)O)CC2. The first-order chi connectivity index (χ1) is 19.5. The van der Waals surface area contributed by atoms with Crippen LogP contribution in [0.2, 0.25) is 0 Å². The van der Waals surface area contributed by atoms with Gasteiger partial charge in [0.25, 0.3) is 0 Å². The molecular weight excluding hydrogens is 534 g/mol. The van der Waals surface area contributed by atoms with Crippen LogP contribution < -0.4 is 29.7 Å². The molecular formula is C30H37NO10. The Labute approximate surface area is 238 Å². The Kier molecular flexibility index (Phi) is 10.2. The summed E-state index contributed by atoms with van der Waals surface area (Å²) in [5.74, 6) is -1.50. The number of methoxy groups -OCH3 is 4. The number of unbranched alkanes of at least 4 members (excludes halogenated alkanes) is 2. The van der Waals surface area contributed by atoms with Crippen LogP contribution >= 0.6 is 0 Å². The Morgan fingerprint density at radius 1 is 0.902 bits per heavy atom. The summed E-state index contributed by atoms with van der Waals surface area (Å²) in [4.78, 5) is 48.7. The lowest BCUT2D eigenvalue weighted by Gasteiger charge is -2.20. The van der Waals surface area contributed by atoms with Crippen LogP contribution in [0.5, 0.6) is 23.0 Å². The number of aryl methyl sites for hydroxylation is 1. The van der Waals surface area contributed by atoms with Crippen molar-refractivity contribution in [1.82, 2.24) is 5.32 Å². The average Bonchev–Trinajstić information content (AvgIpc) is 3.19. The lowest BCUT2D eigenvalue weighted by Crippen LogP contribution is -2.36. The fourth-order valence-electron chi connectivity index (χ4n) is 5.13. The Bertz CT molecular complexity index is 1360. The number of carbonyl (C=O) groups is 3. The second-order valence-corrected chi connectivity index (χ2v) is 10.1. The highest BCUT2D eigenvalue weighted by Gasteiger charge is 2.40. The molecule has 3 N–H and O–H groups in total. The zero-order valence-electron chi connectivity index (χ0n) is 24.0. The molecule has 0 spiro atoms. The van der Waals surface area contributed by atoms with Gasteiger partial charge in [0.1, 0.15) is 0 Å². The summed E-state index contributed by atoms with van der Waals surface area (Å²) >= 11 is 0. The molecule has 1 aliphatic carbocycles. The quantitative estimate of drug-likeness (QED) is 0.237. The number of benzene rings is 1. The van der Waals surface area contributed by atoms with Crippen molar-refractivity contribution in [2.45, 2.75) is 57.9 Å². The number of nitrogens with one attached hydrogen (secondary N) is 1. The Morgan fingerprint density at radius 2 is 1.56 bits per heavy atom. The lowest BCUT2D eigenvalue weighted by molar-refractivity contribution is -0.163. The standard InChI is InChI=1S/C30H37NO10/c1-30(28(34)35,29(36)37)14-8-6-7-9-24(33)31-20-12-10-17-15-23(39-3)26(40-4)27(41-5)25(17)18-11-13-22(38-2)21(32)16-19(18)20/h11,13,15-16,20H,6-10,12,14H2,1-5H3,(H,31,33)(H,34,35)(H,36,37). The van der Waals surface area contributed by atoms with E-state index in [1.54, 1.807) is 12.1 Å². The molecule has 2 aromatic carbocycles. The molecule has 1 aliphatic rings. The third kappa shape index (κ3) is 6.55. The van der Waals surface area contributed by atoms with E-state index < -0.39 is 23.4 Å². The fraction of sp³-hybridized carbons (Fsp3) is 0.467. The van der Waals surface area contributed by atoms with E-state index in [1.165, 1.54) is 41.4 Å². The van der Waals surface area contributed by atoms with Crippen molar-refractivity contribution in [2.75, 3.05) is 28.4 Å². The van der Waals surface area contributed by atoms with E-state index in [-0.39, 0.29) is 29.9 Å². The molecule has 3 rings (SSSR count). The number of carboxylic acid groups (broad SMARTS) is 2. The van der Waals surface area contributed by atoms with Gasteiger partial charge in [0, 0.05) is 12.0 Å². The molecule has 1 unspecified atom stereocenters. The van der Waals surface area contributed by atoms with Crippen molar-refractivity contribution in [2.24, 2.45) is 5.41 Å². The third-order valence-electron chi connectivity index (χ3n) is 7.58. The minimum absolute atomic E-state index is 0.0348. The number of amides is 1. The maximum absolute atomic E-state index is 13.0. The normalized spacial score (nSPS) is 14.1. The summed E-state index contributed by atoms with van der Waals surface area (Å²) in [6.07, 6.45) is 2.45. The maximum Gasteiger partial charge on any atom is 0.320 e. The lowest BCUT2D eigenvalue weighted by atomic mass is 9.85. The zero-order chi connectivity index (χ0) is 30.3. The molecule has 0 saturated heterocycles. The molecule has 222 valence electrons. The number of hydrogen-bond donors (Lipinski definition) is 3. The van der Waals surface area contributed by atoms with Gasteiger partial charge < -0.3 is 34.5 Å². The maximum atomic E-state index is 13.0. The van der Waals surface area contributed by atoms with Gasteiger partial charge >= 0.3 is 11.9 Å². The van der Waals surface area contributed by atoms with E-state index >= 15 is 0 Å².